The van der Waals surface area contributed by atoms with Gasteiger partial charge in [0.25, 0.3) is 0 Å². The van der Waals surface area contributed by atoms with Crippen molar-refractivity contribution in [1.29, 1.82) is 0 Å². The fourth-order valence-electron chi connectivity index (χ4n) is 2.08. The molecule has 0 bridgehead atoms. The molecule has 5 heteroatoms. The van der Waals surface area contributed by atoms with Gasteiger partial charge in [-0.3, -0.25) is 0 Å². The van der Waals surface area contributed by atoms with E-state index in [4.69, 9.17) is 9.26 Å². The minimum Gasteiger partial charge on any atom is -0.492 e. The summed E-state index contributed by atoms with van der Waals surface area (Å²) in [5, 5.41) is 7.14. The molecule has 1 atom stereocenters. The quantitative estimate of drug-likeness (QED) is 0.888. The molecule has 1 aromatic carbocycles. The predicted octanol–water partition coefficient (Wildman–Crippen LogP) is 1.70. The second-order valence-corrected chi connectivity index (χ2v) is 4.23. The number of aromatic nitrogens is 2. The molecule has 0 aliphatic carbocycles. The van der Waals surface area contributed by atoms with Gasteiger partial charge in [-0.05, 0) is 12.6 Å². The fraction of sp³-hybridized carbons (Fsp3) is 0.385. The summed E-state index contributed by atoms with van der Waals surface area (Å²) in [6.45, 7) is 4.14. The Labute approximate surface area is 105 Å². The summed E-state index contributed by atoms with van der Waals surface area (Å²) in [5.74, 6) is 2.29. The Balaban J connectivity index is 1.82. The standard InChI is InChI=1S/C13H15N3O2/c1-2-14-7-12-15-13(18-16-12)10-8-17-11-6-4-3-5-9(10)11/h3-6,10,14H,2,7-8H2,1H3. The van der Waals surface area contributed by atoms with Crippen LogP contribution in [0.4, 0.5) is 0 Å². The summed E-state index contributed by atoms with van der Waals surface area (Å²) in [6, 6.07) is 7.97. The van der Waals surface area contributed by atoms with Crippen LogP contribution in [0, 0.1) is 0 Å². The van der Waals surface area contributed by atoms with Gasteiger partial charge < -0.3 is 14.6 Å². The van der Waals surface area contributed by atoms with E-state index in [-0.39, 0.29) is 5.92 Å². The van der Waals surface area contributed by atoms with Crippen molar-refractivity contribution < 1.29 is 9.26 Å². The molecule has 5 nitrogen and oxygen atoms in total. The summed E-state index contributed by atoms with van der Waals surface area (Å²) in [7, 11) is 0. The maximum atomic E-state index is 5.61. The highest BCUT2D eigenvalue weighted by Gasteiger charge is 2.29. The molecule has 1 aliphatic rings. The first kappa shape index (κ1) is 11.2. The lowest BCUT2D eigenvalue weighted by atomic mass is 10.0. The SMILES string of the molecule is CCNCc1noc(C2COc3ccccc32)n1. The van der Waals surface area contributed by atoms with Gasteiger partial charge in [0.15, 0.2) is 5.82 Å². The van der Waals surface area contributed by atoms with E-state index in [1.54, 1.807) is 0 Å². The van der Waals surface area contributed by atoms with E-state index < -0.39 is 0 Å². The van der Waals surface area contributed by atoms with E-state index in [2.05, 4.69) is 15.5 Å². The Morgan fingerprint density at radius 3 is 3.17 bits per heavy atom. The van der Waals surface area contributed by atoms with Crippen LogP contribution in [-0.4, -0.2) is 23.3 Å². The third-order valence-corrected chi connectivity index (χ3v) is 3.01. The minimum absolute atomic E-state index is 0.0593. The molecule has 0 radical (unpaired) electrons. The molecule has 0 saturated carbocycles. The lowest BCUT2D eigenvalue weighted by Crippen LogP contribution is -2.13. The first-order valence-corrected chi connectivity index (χ1v) is 6.13. The number of nitrogens with zero attached hydrogens (tertiary/aromatic N) is 2. The number of rotatable bonds is 4. The molecule has 0 spiro atoms. The first-order valence-electron chi connectivity index (χ1n) is 6.13. The number of fused-ring (bicyclic) bond motifs is 1. The Morgan fingerprint density at radius 2 is 2.28 bits per heavy atom. The Morgan fingerprint density at radius 1 is 1.39 bits per heavy atom. The summed E-state index contributed by atoms with van der Waals surface area (Å²) in [6.07, 6.45) is 0. The van der Waals surface area contributed by atoms with Crippen LogP contribution in [-0.2, 0) is 6.54 Å². The minimum atomic E-state index is 0.0593. The molecule has 18 heavy (non-hydrogen) atoms. The van der Waals surface area contributed by atoms with Crippen molar-refractivity contribution in [3.63, 3.8) is 0 Å². The average Bonchev–Trinajstić information content (AvgIpc) is 3.02. The highest BCUT2D eigenvalue weighted by molar-refractivity contribution is 5.42. The topological polar surface area (TPSA) is 60.2 Å². The molecular formula is C13H15N3O2. The summed E-state index contributed by atoms with van der Waals surface area (Å²) in [4.78, 5) is 4.41. The average molecular weight is 245 g/mol. The molecule has 1 N–H and O–H groups in total. The van der Waals surface area contributed by atoms with Gasteiger partial charge in [-0.15, -0.1) is 0 Å². The summed E-state index contributed by atoms with van der Waals surface area (Å²) in [5.41, 5.74) is 1.12. The van der Waals surface area contributed by atoms with E-state index in [0.29, 0.717) is 24.9 Å². The van der Waals surface area contributed by atoms with Crippen LogP contribution in [0.3, 0.4) is 0 Å². The van der Waals surface area contributed by atoms with Crippen molar-refractivity contribution in [3.05, 3.63) is 41.5 Å². The lowest BCUT2D eigenvalue weighted by Gasteiger charge is -2.01. The Kier molecular flexibility index (Phi) is 2.98. The number of nitrogens with one attached hydrogen (secondary N) is 1. The molecular weight excluding hydrogens is 230 g/mol. The molecule has 2 heterocycles. The summed E-state index contributed by atoms with van der Waals surface area (Å²) >= 11 is 0. The zero-order valence-electron chi connectivity index (χ0n) is 10.2. The van der Waals surface area contributed by atoms with Crippen LogP contribution in [0.5, 0.6) is 5.75 Å². The zero-order valence-corrected chi connectivity index (χ0v) is 10.2. The Bertz CT molecular complexity index is 539. The van der Waals surface area contributed by atoms with Gasteiger partial charge in [-0.25, -0.2) is 0 Å². The number of hydrogen-bond donors (Lipinski definition) is 1. The summed E-state index contributed by atoms with van der Waals surface area (Å²) < 4.78 is 10.9. The van der Waals surface area contributed by atoms with Gasteiger partial charge in [0.2, 0.25) is 5.89 Å². The zero-order chi connectivity index (χ0) is 12.4. The predicted molar refractivity (Wildman–Crippen MR) is 65.5 cm³/mol. The van der Waals surface area contributed by atoms with Crippen molar-refractivity contribution in [1.82, 2.24) is 15.5 Å². The smallest absolute Gasteiger partial charge is 0.237 e. The lowest BCUT2D eigenvalue weighted by molar-refractivity contribution is 0.304. The Hall–Kier alpha value is -1.88. The second-order valence-electron chi connectivity index (χ2n) is 4.23. The third-order valence-electron chi connectivity index (χ3n) is 3.01. The number of ether oxygens (including phenoxy) is 1. The molecule has 1 unspecified atom stereocenters. The van der Waals surface area contributed by atoms with E-state index >= 15 is 0 Å². The van der Waals surface area contributed by atoms with Crippen molar-refractivity contribution in [3.8, 4) is 5.75 Å². The van der Waals surface area contributed by atoms with Crippen LogP contribution in [0.1, 0.15) is 30.1 Å². The van der Waals surface area contributed by atoms with Gasteiger partial charge in [0, 0.05) is 5.56 Å². The molecule has 3 rings (SSSR count). The van der Waals surface area contributed by atoms with Crippen molar-refractivity contribution in [2.24, 2.45) is 0 Å². The van der Waals surface area contributed by atoms with E-state index in [1.165, 1.54) is 0 Å². The fourth-order valence-corrected chi connectivity index (χ4v) is 2.08. The van der Waals surface area contributed by atoms with Crippen LogP contribution < -0.4 is 10.1 Å². The van der Waals surface area contributed by atoms with Crippen LogP contribution in [0.15, 0.2) is 28.8 Å². The van der Waals surface area contributed by atoms with E-state index in [1.807, 2.05) is 31.2 Å². The van der Waals surface area contributed by atoms with Gasteiger partial charge in [-0.2, -0.15) is 4.98 Å². The van der Waals surface area contributed by atoms with Gasteiger partial charge in [-0.1, -0.05) is 30.3 Å². The van der Waals surface area contributed by atoms with Gasteiger partial charge in [0.1, 0.15) is 18.3 Å². The maximum Gasteiger partial charge on any atom is 0.237 e. The van der Waals surface area contributed by atoms with Crippen molar-refractivity contribution >= 4 is 0 Å². The van der Waals surface area contributed by atoms with Crippen LogP contribution in [0.25, 0.3) is 0 Å². The largest absolute Gasteiger partial charge is 0.492 e. The molecule has 94 valence electrons. The van der Waals surface area contributed by atoms with Crippen LogP contribution >= 0.6 is 0 Å². The highest BCUT2D eigenvalue weighted by atomic mass is 16.5. The highest BCUT2D eigenvalue weighted by Crippen LogP contribution is 2.36. The number of benzene rings is 1. The number of hydrogen-bond acceptors (Lipinski definition) is 5. The molecule has 2 aromatic rings. The monoisotopic (exact) mass is 245 g/mol. The van der Waals surface area contributed by atoms with E-state index in [9.17, 15) is 0 Å². The molecule has 1 aliphatic heterocycles. The molecule has 0 amide bonds. The third kappa shape index (κ3) is 1.97. The van der Waals surface area contributed by atoms with Gasteiger partial charge in [0.05, 0.1) is 6.54 Å². The first-order chi connectivity index (χ1) is 8.88. The van der Waals surface area contributed by atoms with Crippen LogP contribution in [0.2, 0.25) is 0 Å². The maximum absolute atomic E-state index is 5.61. The second kappa shape index (κ2) is 4.78. The van der Waals surface area contributed by atoms with Gasteiger partial charge >= 0.3 is 0 Å². The number of para-hydroxylation sites is 1. The molecule has 1 aromatic heterocycles. The molecule has 0 fully saturated rings. The van der Waals surface area contributed by atoms with Crippen molar-refractivity contribution in [2.45, 2.75) is 19.4 Å². The van der Waals surface area contributed by atoms with Crippen molar-refractivity contribution in [2.75, 3.05) is 13.2 Å². The molecule has 0 saturated heterocycles. The normalized spacial score (nSPS) is 17.5. The van der Waals surface area contributed by atoms with E-state index in [0.717, 1.165) is 17.9 Å².